The first-order chi connectivity index (χ1) is 10.00. The van der Waals surface area contributed by atoms with Gasteiger partial charge in [-0.15, -0.1) is 0 Å². The molecule has 1 N–H and O–H groups in total. The zero-order valence-corrected chi connectivity index (χ0v) is 15.2. The summed E-state index contributed by atoms with van der Waals surface area (Å²) in [7, 11) is 0. The van der Waals surface area contributed by atoms with Crippen molar-refractivity contribution in [3.8, 4) is 0 Å². The number of ether oxygens (including phenoxy) is 1. The topological polar surface area (TPSA) is 53.0 Å². The van der Waals surface area contributed by atoms with Crippen molar-refractivity contribution in [1.29, 1.82) is 0 Å². The molecule has 22 heavy (non-hydrogen) atoms. The molecule has 0 spiro atoms. The van der Waals surface area contributed by atoms with Gasteiger partial charge in [0.25, 0.3) is 0 Å². The van der Waals surface area contributed by atoms with Gasteiger partial charge in [-0.25, -0.2) is 4.79 Å². The number of carbonyl (C=O) groups is 1. The molecule has 1 aliphatic heterocycles. The summed E-state index contributed by atoms with van der Waals surface area (Å²) in [4.78, 5) is 16.3. The fourth-order valence-electron chi connectivity index (χ4n) is 2.92. The first kappa shape index (κ1) is 19.2. The summed E-state index contributed by atoms with van der Waals surface area (Å²) < 4.78 is 5.47. The van der Waals surface area contributed by atoms with Crippen molar-refractivity contribution in [1.82, 2.24) is 9.80 Å². The number of piperidine rings is 1. The van der Waals surface area contributed by atoms with E-state index in [-0.39, 0.29) is 6.09 Å². The molecule has 1 amide bonds. The molecule has 0 aromatic carbocycles. The summed E-state index contributed by atoms with van der Waals surface area (Å²) in [6.07, 6.45) is 1.94. The molecule has 0 bridgehead atoms. The molecule has 1 fully saturated rings. The van der Waals surface area contributed by atoms with Crippen LogP contribution in [0.1, 0.15) is 54.4 Å². The molecular weight excluding hydrogens is 280 g/mol. The van der Waals surface area contributed by atoms with Gasteiger partial charge in [-0.1, -0.05) is 6.92 Å². The Kier molecular flexibility index (Phi) is 6.68. The van der Waals surface area contributed by atoms with E-state index in [1.165, 1.54) is 0 Å². The molecule has 0 aromatic rings. The highest BCUT2D eigenvalue weighted by molar-refractivity contribution is 5.68. The molecule has 0 aromatic heterocycles. The minimum Gasteiger partial charge on any atom is -0.444 e. The fourth-order valence-corrected chi connectivity index (χ4v) is 2.92. The Hall–Kier alpha value is -0.810. The number of hydrogen-bond acceptors (Lipinski definition) is 4. The average Bonchev–Trinajstić information content (AvgIpc) is 2.34. The van der Waals surface area contributed by atoms with Gasteiger partial charge in [-0.3, -0.25) is 0 Å². The standard InChI is InChI=1S/C17H34N2O3/c1-7-18(13-17(5,6)21)11-14-9-8-10-19(12-14)15(20)22-16(2,3)4/h14,21H,7-13H2,1-6H3. The van der Waals surface area contributed by atoms with Crippen molar-refractivity contribution in [3.63, 3.8) is 0 Å². The molecule has 5 nitrogen and oxygen atoms in total. The summed E-state index contributed by atoms with van der Waals surface area (Å²) >= 11 is 0. The summed E-state index contributed by atoms with van der Waals surface area (Å²) in [5.41, 5.74) is -1.13. The molecule has 1 heterocycles. The molecule has 1 rings (SSSR count). The van der Waals surface area contributed by atoms with E-state index in [4.69, 9.17) is 4.74 Å². The van der Waals surface area contributed by atoms with Gasteiger partial charge in [0.15, 0.2) is 0 Å². The molecule has 0 saturated carbocycles. The third kappa shape index (κ3) is 7.45. The number of nitrogens with zero attached hydrogens (tertiary/aromatic N) is 2. The second-order valence-electron chi connectivity index (χ2n) is 8.07. The largest absolute Gasteiger partial charge is 0.444 e. The highest BCUT2D eigenvalue weighted by Crippen LogP contribution is 2.21. The predicted octanol–water partition coefficient (Wildman–Crippen LogP) is 2.73. The lowest BCUT2D eigenvalue weighted by molar-refractivity contribution is 0.00750. The van der Waals surface area contributed by atoms with Crippen LogP contribution < -0.4 is 0 Å². The lowest BCUT2D eigenvalue weighted by Gasteiger charge is -2.37. The van der Waals surface area contributed by atoms with Gasteiger partial charge in [-0.05, 0) is 59.9 Å². The molecule has 5 heteroatoms. The maximum Gasteiger partial charge on any atom is 0.410 e. The van der Waals surface area contributed by atoms with E-state index in [0.717, 1.165) is 39.0 Å². The molecule has 1 saturated heterocycles. The van der Waals surface area contributed by atoms with Crippen LogP contribution in [0.3, 0.4) is 0 Å². The quantitative estimate of drug-likeness (QED) is 0.848. The van der Waals surface area contributed by atoms with E-state index in [9.17, 15) is 9.90 Å². The summed E-state index contributed by atoms with van der Waals surface area (Å²) in [5.74, 6) is 0.448. The van der Waals surface area contributed by atoms with Gasteiger partial charge < -0.3 is 19.6 Å². The lowest BCUT2D eigenvalue weighted by atomic mass is 9.97. The van der Waals surface area contributed by atoms with Crippen LogP contribution in [-0.2, 0) is 4.74 Å². The number of aliphatic hydroxyl groups is 1. The molecule has 0 aliphatic carbocycles. The highest BCUT2D eigenvalue weighted by atomic mass is 16.6. The zero-order valence-electron chi connectivity index (χ0n) is 15.2. The van der Waals surface area contributed by atoms with E-state index in [1.54, 1.807) is 0 Å². The molecule has 1 aliphatic rings. The van der Waals surface area contributed by atoms with Crippen molar-refractivity contribution in [2.45, 2.75) is 65.6 Å². The Morgan fingerprint density at radius 3 is 2.45 bits per heavy atom. The van der Waals surface area contributed by atoms with E-state index in [1.807, 2.05) is 39.5 Å². The van der Waals surface area contributed by atoms with E-state index < -0.39 is 11.2 Å². The van der Waals surface area contributed by atoms with Gasteiger partial charge in [0.05, 0.1) is 5.60 Å². The summed E-state index contributed by atoms with van der Waals surface area (Å²) in [6, 6.07) is 0. The van der Waals surface area contributed by atoms with Gasteiger partial charge in [0.2, 0.25) is 0 Å². The second-order valence-corrected chi connectivity index (χ2v) is 8.07. The third-order valence-electron chi connectivity index (χ3n) is 3.74. The summed E-state index contributed by atoms with van der Waals surface area (Å²) in [5, 5.41) is 9.99. The minimum atomic E-state index is -0.685. The van der Waals surface area contributed by atoms with Gasteiger partial charge in [0.1, 0.15) is 5.60 Å². The Morgan fingerprint density at radius 1 is 1.32 bits per heavy atom. The van der Waals surface area contributed by atoms with E-state index in [0.29, 0.717) is 12.5 Å². The maximum absolute atomic E-state index is 12.2. The third-order valence-corrected chi connectivity index (χ3v) is 3.74. The smallest absolute Gasteiger partial charge is 0.410 e. The predicted molar refractivity (Wildman–Crippen MR) is 88.9 cm³/mol. The first-order valence-electron chi connectivity index (χ1n) is 8.43. The number of likely N-dealkylation sites (tertiary alicyclic amines) is 1. The van der Waals surface area contributed by atoms with Crippen LogP contribution in [0.4, 0.5) is 4.79 Å². The van der Waals surface area contributed by atoms with Crippen LogP contribution in [0.25, 0.3) is 0 Å². The maximum atomic E-state index is 12.2. The Morgan fingerprint density at radius 2 is 1.95 bits per heavy atom. The molecular formula is C17H34N2O3. The number of amides is 1. The van der Waals surface area contributed by atoms with E-state index in [2.05, 4.69) is 11.8 Å². The first-order valence-corrected chi connectivity index (χ1v) is 8.43. The summed E-state index contributed by atoms with van der Waals surface area (Å²) in [6.45, 7) is 15.5. The SMILES string of the molecule is CCN(CC1CCCN(C(=O)OC(C)(C)C)C1)CC(C)(C)O. The van der Waals surface area contributed by atoms with Gasteiger partial charge >= 0.3 is 6.09 Å². The molecule has 130 valence electrons. The van der Waals surface area contributed by atoms with Crippen molar-refractivity contribution in [3.05, 3.63) is 0 Å². The lowest BCUT2D eigenvalue weighted by Crippen LogP contribution is -2.47. The average molecular weight is 314 g/mol. The molecule has 1 atom stereocenters. The molecule has 0 radical (unpaired) electrons. The Bertz CT molecular complexity index is 358. The normalized spacial score (nSPS) is 20.4. The molecule has 1 unspecified atom stereocenters. The van der Waals surface area contributed by atoms with Crippen molar-refractivity contribution >= 4 is 6.09 Å². The minimum absolute atomic E-state index is 0.206. The second kappa shape index (κ2) is 7.64. The van der Waals surface area contributed by atoms with Crippen LogP contribution in [0.15, 0.2) is 0 Å². The fraction of sp³-hybridized carbons (Fsp3) is 0.941. The van der Waals surface area contributed by atoms with Crippen LogP contribution in [0.5, 0.6) is 0 Å². The van der Waals surface area contributed by atoms with E-state index >= 15 is 0 Å². The van der Waals surface area contributed by atoms with Crippen molar-refractivity contribution < 1.29 is 14.6 Å². The van der Waals surface area contributed by atoms with Gasteiger partial charge in [-0.2, -0.15) is 0 Å². The number of rotatable bonds is 5. The monoisotopic (exact) mass is 314 g/mol. The Labute approximate surface area is 135 Å². The van der Waals surface area contributed by atoms with Crippen LogP contribution >= 0.6 is 0 Å². The van der Waals surface area contributed by atoms with Crippen molar-refractivity contribution in [2.75, 3.05) is 32.7 Å². The number of likely N-dealkylation sites (N-methyl/N-ethyl adjacent to an activating group) is 1. The number of hydrogen-bond donors (Lipinski definition) is 1. The van der Waals surface area contributed by atoms with Crippen LogP contribution in [0.2, 0.25) is 0 Å². The number of carbonyl (C=O) groups excluding carboxylic acids is 1. The highest BCUT2D eigenvalue weighted by Gasteiger charge is 2.29. The van der Waals surface area contributed by atoms with Crippen LogP contribution in [0, 0.1) is 5.92 Å². The van der Waals surface area contributed by atoms with Gasteiger partial charge in [0, 0.05) is 26.2 Å². The Balaban J connectivity index is 2.53. The van der Waals surface area contributed by atoms with Crippen LogP contribution in [-0.4, -0.2) is 64.9 Å². The zero-order chi connectivity index (χ0) is 17.0. The van der Waals surface area contributed by atoms with Crippen molar-refractivity contribution in [2.24, 2.45) is 5.92 Å².